The molecule has 2 fully saturated rings. The Morgan fingerprint density at radius 2 is 1.32 bits per heavy atom. The van der Waals surface area contributed by atoms with E-state index in [0.717, 1.165) is 39.9 Å². The molecule has 2 aliphatic carbocycles. The van der Waals surface area contributed by atoms with Crippen molar-refractivity contribution in [3.63, 3.8) is 0 Å². The molecule has 2 aliphatic rings. The van der Waals surface area contributed by atoms with Crippen LogP contribution in [0, 0.1) is 3.57 Å². The van der Waals surface area contributed by atoms with Crippen molar-refractivity contribution in [2.75, 3.05) is 0 Å². The average molecular weight is 637 g/mol. The smallest absolute Gasteiger partial charge is 0.248 e. The molecule has 0 spiro atoms. The Bertz CT molecular complexity index is 1270. The van der Waals surface area contributed by atoms with Gasteiger partial charge in [0.05, 0.1) is 6.20 Å². The van der Waals surface area contributed by atoms with Gasteiger partial charge in [-0.15, -0.1) is 0 Å². The summed E-state index contributed by atoms with van der Waals surface area (Å²) in [6, 6.07) is 16.3. The van der Waals surface area contributed by atoms with Gasteiger partial charge in [0.1, 0.15) is 0 Å². The molecule has 7 heteroatoms. The van der Waals surface area contributed by atoms with Gasteiger partial charge in [-0.2, -0.15) is 5.10 Å². The first-order valence-corrected chi connectivity index (χ1v) is 14.2. The van der Waals surface area contributed by atoms with Crippen molar-refractivity contribution in [1.82, 2.24) is 9.78 Å². The number of aromatic nitrogens is 2. The first kappa shape index (κ1) is 28.6. The van der Waals surface area contributed by atoms with Crippen molar-refractivity contribution < 1.29 is 17.6 Å². The highest BCUT2D eigenvalue weighted by Gasteiger charge is 2.33. The maximum atomic E-state index is 13.2. The van der Waals surface area contributed by atoms with Crippen LogP contribution < -0.4 is 0 Å². The molecule has 0 radical (unpaired) electrons. The van der Waals surface area contributed by atoms with E-state index in [2.05, 4.69) is 58.9 Å². The summed E-state index contributed by atoms with van der Waals surface area (Å²) in [4.78, 5) is 0. The Labute approximate surface area is 236 Å². The molecular weight excluding hydrogens is 603 g/mol. The number of hydrogen-bond acceptors (Lipinski definition) is 1. The Hall–Kier alpha value is -2.42. The molecule has 0 aliphatic heterocycles. The number of hydrogen-bond donors (Lipinski definition) is 0. The molecule has 1 heterocycles. The molecule has 1 aromatic heterocycles. The van der Waals surface area contributed by atoms with Crippen molar-refractivity contribution >= 4 is 34.7 Å². The van der Waals surface area contributed by atoms with Crippen LogP contribution in [0.3, 0.4) is 0 Å². The van der Waals surface area contributed by atoms with Crippen LogP contribution in [-0.4, -0.2) is 21.6 Å². The molecule has 2 aromatic carbocycles. The van der Waals surface area contributed by atoms with Gasteiger partial charge in [0.2, 0.25) is 11.8 Å². The first-order chi connectivity index (χ1) is 18.1. The van der Waals surface area contributed by atoms with E-state index < -0.39 is 11.8 Å². The van der Waals surface area contributed by atoms with Gasteiger partial charge in [-0.05, 0) is 90.1 Å². The fourth-order valence-electron chi connectivity index (χ4n) is 4.72. The number of benzene rings is 2. The molecule has 0 amide bonds. The van der Waals surface area contributed by atoms with Crippen molar-refractivity contribution in [3.8, 4) is 11.1 Å². The maximum Gasteiger partial charge on any atom is 0.248 e. The highest BCUT2D eigenvalue weighted by molar-refractivity contribution is 14.1. The third kappa shape index (κ3) is 8.55. The zero-order valence-corrected chi connectivity index (χ0v) is 23.7. The van der Waals surface area contributed by atoms with Crippen LogP contribution in [0.25, 0.3) is 23.3 Å². The molecule has 5 rings (SSSR count). The summed E-state index contributed by atoms with van der Waals surface area (Å²) >= 11 is 2.26. The van der Waals surface area contributed by atoms with Gasteiger partial charge in [-0.25, -0.2) is 17.6 Å². The predicted molar refractivity (Wildman–Crippen MR) is 155 cm³/mol. The number of halogens is 5. The molecular formula is C31H33F4IN2. The van der Waals surface area contributed by atoms with Crippen molar-refractivity contribution in [2.45, 2.75) is 76.7 Å². The standard InChI is InChI=1S/C18H20F2N2.C13H13F2I/c1-2-22-13-17(12-21-22)16-5-3-4-15(11-16)10-14-6-8-18(19,20)9-7-14;14-13(15)6-4-10(5-7-13)8-11-2-1-3-12(16)9-11/h3-5,10-13H,2,6-9H2,1H3;1-3,8-9H,4-7H2. The Balaban J connectivity index is 0.000000186. The normalized spacial score (nSPS) is 18.4. The second kappa shape index (κ2) is 12.6. The van der Waals surface area contributed by atoms with Crippen LogP contribution in [-0.2, 0) is 6.54 Å². The van der Waals surface area contributed by atoms with E-state index in [0.29, 0.717) is 25.7 Å². The monoisotopic (exact) mass is 636 g/mol. The number of rotatable bonds is 4. The largest absolute Gasteiger partial charge is 0.272 e. The quantitative estimate of drug-likeness (QED) is 0.206. The molecule has 0 atom stereocenters. The number of aryl methyl sites for hydroxylation is 1. The molecule has 3 aromatic rings. The first-order valence-electron chi connectivity index (χ1n) is 13.1. The minimum atomic E-state index is -2.48. The summed E-state index contributed by atoms with van der Waals surface area (Å²) in [7, 11) is 0. The van der Waals surface area contributed by atoms with Gasteiger partial charge < -0.3 is 0 Å². The molecule has 0 N–H and O–H groups in total. The lowest BCUT2D eigenvalue weighted by atomic mass is 9.90. The van der Waals surface area contributed by atoms with Gasteiger partial charge in [0.15, 0.2) is 0 Å². The molecule has 0 saturated heterocycles. The van der Waals surface area contributed by atoms with Crippen LogP contribution >= 0.6 is 22.6 Å². The summed E-state index contributed by atoms with van der Waals surface area (Å²) in [5, 5.41) is 4.29. The Morgan fingerprint density at radius 3 is 1.82 bits per heavy atom. The van der Waals surface area contributed by atoms with Crippen molar-refractivity contribution in [3.05, 3.63) is 86.8 Å². The second-order valence-electron chi connectivity index (χ2n) is 10.1. The summed E-state index contributed by atoms with van der Waals surface area (Å²) in [5.41, 5.74) is 6.64. The van der Waals surface area contributed by atoms with E-state index in [1.807, 2.05) is 53.5 Å². The highest BCUT2D eigenvalue weighted by atomic mass is 127. The van der Waals surface area contributed by atoms with Gasteiger partial charge in [-0.1, -0.05) is 53.6 Å². The van der Waals surface area contributed by atoms with E-state index in [9.17, 15) is 17.6 Å². The lowest BCUT2D eigenvalue weighted by Crippen LogP contribution is -2.20. The minimum absolute atomic E-state index is 0.00274. The summed E-state index contributed by atoms with van der Waals surface area (Å²) < 4.78 is 55.4. The molecule has 2 nitrogen and oxygen atoms in total. The molecule has 38 heavy (non-hydrogen) atoms. The van der Waals surface area contributed by atoms with Crippen molar-refractivity contribution in [1.29, 1.82) is 0 Å². The second-order valence-corrected chi connectivity index (χ2v) is 11.3. The summed E-state index contributed by atoms with van der Waals surface area (Å²) in [5.74, 6) is -4.92. The van der Waals surface area contributed by atoms with E-state index in [4.69, 9.17) is 0 Å². The van der Waals surface area contributed by atoms with E-state index in [1.54, 1.807) is 0 Å². The third-order valence-electron chi connectivity index (χ3n) is 7.01. The van der Waals surface area contributed by atoms with Crippen LogP contribution in [0.1, 0.15) is 69.4 Å². The van der Waals surface area contributed by atoms with Gasteiger partial charge in [-0.3, -0.25) is 4.68 Å². The Morgan fingerprint density at radius 1 is 0.789 bits per heavy atom. The van der Waals surface area contributed by atoms with Gasteiger partial charge in [0, 0.05) is 47.6 Å². The predicted octanol–water partition coefficient (Wildman–Crippen LogP) is 10.0. The summed E-state index contributed by atoms with van der Waals surface area (Å²) in [6.07, 6.45) is 9.98. The fraction of sp³-hybridized carbons (Fsp3) is 0.387. The number of allylic oxidation sites excluding steroid dienone is 2. The van der Waals surface area contributed by atoms with Crippen LogP contribution in [0.15, 0.2) is 72.1 Å². The fourth-order valence-corrected chi connectivity index (χ4v) is 5.29. The van der Waals surface area contributed by atoms with E-state index >= 15 is 0 Å². The number of alkyl halides is 4. The average Bonchev–Trinajstić information content (AvgIpc) is 3.37. The van der Waals surface area contributed by atoms with Gasteiger partial charge in [0.25, 0.3) is 0 Å². The highest BCUT2D eigenvalue weighted by Crippen LogP contribution is 2.37. The maximum absolute atomic E-state index is 13.2. The third-order valence-corrected chi connectivity index (χ3v) is 7.69. The zero-order chi connectivity index (χ0) is 27.2. The van der Waals surface area contributed by atoms with Crippen LogP contribution in [0.5, 0.6) is 0 Å². The summed E-state index contributed by atoms with van der Waals surface area (Å²) in [6.45, 7) is 2.90. The van der Waals surface area contributed by atoms with Crippen LogP contribution in [0.4, 0.5) is 17.6 Å². The van der Waals surface area contributed by atoms with E-state index in [1.165, 1.54) is 3.57 Å². The van der Waals surface area contributed by atoms with E-state index in [-0.39, 0.29) is 25.7 Å². The molecule has 0 unspecified atom stereocenters. The minimum Gasteiger partial charge on any atom is -0.272 e. The van der Waals surface area contributed by atoms with Crippen LogP contribution in [0.2, 0.25) is 0 Å². The SMILES string of the molecule is CCn1cc(-c2cccc(C=C3CCC(F)(F)CC3)c2)cn1.FC1(F)CCC(=Cc2cccc(I)c2)CC1. The van der Waals surface area contributed by atoms with Crippen molar-refractivity contribution in [2.24, 2.45) is 0 Å². The lowest BCUT2D eigenvalue weighted by Gasteiger charge is -2.23. The Kier molecular flexibility index (Phi) is 9.50. The topological polar surface area (TPSA) is 17.8 Å². The molecule has 0 bridgehead atoms. The molecule has 202 valence electrons. The lowest BCUT2D eigenvalue weighted by molar-refractivity contribution is -0.0249. The number of nitrogens with zero attached hydrogens (tertiary/aromatic N) is 2. The zero-order valence-electron chi connectivity index (χ0n) is 21.6. The van der Waals surface area contributed by atoms with Gasteiger partial charge >= 0.3 is 0 Å². The molecule has 2 saturated carbocycles.